The lowest BCUT2D eigenvalue weighted by molar-refractivity contribution is -0.132. The average molecular weight is 394 g/mol. The van der Waals surface area contributed by atoms with E-state index < -0.39 is 0 Å². The van der Waals surface area contributed by atoms with Gasteiger partial charge in [0.25, 0.3) is 5.91 Å². The molecule has 3 fully saturated rings. The molecule has 0 unspecified atom stereocenters. The maximum atomic E-state index is 12.8. The number of aromatic nitrogens is 2. The molecule has 1 spiro atoms. The Bertz CT molecular complexity index is 927. The van der Waals surface area contributed by atoms with E-state index in [4.69, 9.17) is 4.74 Å². The maximum Gasteiger partial charge on any atom is 0.251 e. The fraction of sp³-hybridized carbons (Fsp3) is 0.500. The number of ether oxygens (including phenoxy) is 1. The molecule has 4 atom stereocenters. The van der Waals surface area contributed by atoms with Gasteiger partial charge in [-0.2, -0.15) is 5.10 Å². The molecule has 2 amide bonds. The zero-order valence-electron chi connectivity index (χ0n) is 16.6. The molecule has 1 aromatic carbocycles. The largest absolute Gasteiger partial charge is 0.369 e. The van der Waals surface area contributed by atoms with Gasteiger partial charge in [-0.1, -0.05) is 18.2 Å². The zero-order chi connectivity index (χ0) is 20.0. The van der Waals surface area contributed by atoms with E-state index in [1.807, 2.05) is 54.4 Å². The monoisotopic (exact) mass is 394 g/mol. The second-order valence-corrected chi connectivity index (χ2v) is 8.54. The number of nitrogens with zero attached hydrogens (tertiary/aromatic N) is 3. The highest BCUT2D eigenvalue weighted by molar-refractivity contribution is 5.94. The molecule has 7 nitrogen and oxygen atoms in total. The number of fused-ring (bicyclic) bond motifs is 1. The molecular formula is C22H26N4O3. The van der Waals surface area contributed by atoms with Crippen molar-refractivity contribution >= 4 is 11.8 Å². The molecule has 7 heteroatoms. The molecule has 4 heterocycles. The van der Waals surface area contributed by atoms with Gasteiger partial charge in [0.15, 0.2) is 0 Å². The summed E-state index contributed by atoms with van der Waals surface area (Å²) in [6.45, 7) is 4.11. The number of nitrogens with one attached hydrogen (secondary N) is 1. The van der Waals surface area contributed by atoms with Crippen molar-refractivity contribution in [3.63, 3.8) is 0 Å². The Morgan fingerprint density at radius 3 is 2.86 bits per heavy atom. The van der Waals surface area contributed by atoms with Crippen molar-refractivity contribution in [3.8, 4) is 0 Å². The number of amides is 2. The van der Waals surface area contributed by atoms with E-state index in [9.17, 15) is 9.59 Å². The molecule has 1 N–H and O–H groups in total. The zero-order valence-corrected chi connectivity index (χ0v) is 16.6. The van der Waals surface area contributed by atoms with Gasteiger partial charge in [-0.25, -0.2) is 0 Å². The summed E-state index contributed by atoms with van der Waals surface area (Å²) >= 11 is 0. The van der Waals surface area contributed by atoms with Crippen LogP contribution in [-0.2, 0) is 16.1 Å². The molecule has 0 aliphatic carbocycles. The quantitative estimate of drug-likeness (QED) is 0.836. The topological polar surface area (TPSA) is 76.5 Å². The summed E-state index contributed by atoms with van der Waals surface area (Å²) in [7, 11) is 0. The standard InChI is InChI=1S/C22H26N4O3/c1-15-8-10-26(24-15)13-20(27)25-12-18-17(19-7-9-22(18,14-25)29-19)11-23-21(28)16-5-3-2-4-6-16/h2-6,8,10,17-19H,7,9,11-14H2,1H3,(H,23,28)/t17-,18+,19+,22+/m0/s1. The summed E-state index contributed by atoms with van der Waals surface area (Å²) in [5, 5.41) is 7.41. The van der Waals surface area contributed by atoms with Crippen LogP contribution in [-0.4, -0.2) is 57.8 Å². The van der Waals surface area contributed by atoms with Crippen LogP contribution in [0.4, 0.5) is 0 Å². The number of hydrogen-bond acceptors (Lipinski definition) is 4. The lowest BCUT2D eigenvalue weighted by Gasteiger charge is -2.29. The van der Waals surface area contributed by atoms with E-state index in [2.05, 4.69) is 10.4 Å². The van der Waals surface area contributed by atoms with Crippen LogP contribution in [0, 0.1) is 18.8 Å². The second kappa shape index (κ2) is 6.99. The second-order valence-electron chi connectivity index (χ2n) is 8.54. The van der Waals surface area contributed by atoms with E-state index in [-0.39, 0.29) is 41.9 Å². The molecule has 29 heavy (non-hydrogen) atoms. The molecule has 5 rings (SSSR count). The van der Waals surface area contributed by atoms with Crippen LogP contribution in [0.3, 0.4) is 0 Å². The summed E-state index contributed by atoms with van der Waals surface area (Å²) in [5.41, 5.74) is 1.34. The molecular weight excluding hydrogens is 368 g/mol. The minimum atomic E-state index is -0.234. The van der Waals surface area contributed by atoms with Crippen LogP contribution < -0.4 is 5.32 Å². The van der Waals surface area contributed by atoms with Gasteiger partial charge in [-0.3, -0.25) is 14.3 Å². The van der Waals surface area contributed by atoms with E-state index in [1.165, 1.54) is 0 Å². The highest BCUT2D eigenvalue weighted by Gasteiger charge is 2.63. The molecule has 3 aliphatic heterocycles. The fourth-order valence-electron chi connectivity index (χ4n) is 5.35. The predicted molar refractivity (Wildman–Crippen MR) is 106 cm³/mol. The summed E-state index contributed by atoms with van der Waals surface area (Å²) in [6, 6.07) is 11.2. The Labute approximate surface area is 170 Å². The summed E-state index contributed by atoms with van der Waals surface area (Å²) in [5.74, 6) is 0.556. The first-order valence-electron chi connectivity index (χ1n) is 10.3. The van der Waals surface area contributed by atoms with E-state index >= 15 is 0 Å². The van der Waals surface area contributed by atoms with Gasteiger partial charge in [-0.05, 0) is 38.0 Å². The van der Waals surface area contributed by atoms with Gasteiger partial charge in [-0.15, -0.1) is 0 Å². The third-order valence-electron chi connectivity index (χ3n) is 6.74. The normalized spacial score (nSPS) is 29.8. The van der Waals surface area contributed by atoms with Crippen LogP contribution >= 0.6 is 0 Å². The van der Waals surface area contributed by atoms with E-state index in [0.717, 1.165) is 18.5 Å². The van der Waals surface area contributed by atoms with Crippen LogP contribution in [0.25, 0.3) is 0 Å². The molecule has 0 radical (unpaired) electrons. The first kappa shape index (κ1) is 18.4. The van der Waals surface area contributed by atoms with Crippen LogP contribution in [0.1, 0.15) is 28.9 Å². The Hall–Kier alpha value is -2.67. The Kier molecular flexibility index (Phi) is 4.42. The third kappa shape index (κ3) is 3.23. The van der Waals surface area contributed by atoms with Crippen molar-refractivity contribution in [1.82, 2.24) is 20.0 Å². The van der Waals surface area contributed by atoms with Gasteiger partial charge >= 0.3 is 0 Å². The Morgan fingerprint density at radius 2 is 2.10 bits per heavy atom. The van der Waals surface area contributed by atoms with Crippen molar-refractivity contribution in [1.29, 1.82) is 0 Å². The van der Waals surface area contributed by atoms with Crippen molar-refractivity contribution in [2.75, 3.05) is 19.6 Å². The number of carbonyl (C=O) groups excluding carboxylic acids is 2. The summed E-state index contributed by atoms with van der Waals surface area (Å²) < 4.78 is 8.10. The van der Waals surface area contributed by atoms with Gasteiger partial charge in [0.05, 0.1) is 23.9 Å². The van der Waals surface area contributed by atoms with Crippen molar-refractivity contribution in [3.05, 3.63) is 53.9 Å². The number of hydrogen-bond donors (Lipinski definition) is 1. The highest BCUT2D eigenvalue weighted by atomic mass is 16.5. The van der Waals surface area contributed by atoms with E-state index in [0.29, 0.717) is 25.2 Å². The molecule has 2 bridgehead atoms. The maximum absolute atomic E-state index is 12.8. The molecule has 1 aromatic heterocycles. The van der Waals surface area contributed by atoms with Gasteiger partial charge in [0.2, 0.25) is 5.91 Å². The number of aryl methyl sites for hydroxylation is 1. The predicted octanol–water partition coefficient (Wildman–Crippen LogP) is 1.63. The molecule has 152 valence electrons. The van der Waals surface area contributed by atoms with Gasteiger partial charge in [0, 0.05) is 36.7 Å². The van der Waals surface area contributed by atoms with Crippen molar-refractivity contribution < 1.29 is 14.3 Å². The third-order valence-corrected chi connectivity index (χ3v) is 6.74. The molecule has 2 aromatic rings. The van der Waals surface area contributed by atoms with Crippen LogP contribution in [0.5, 0.6) is 0 Å². The van der Waals surface area contributed by atoms with Gasteiger partial charge in [0.1, 0.15) is 6.54 Å². The number of benzene rings is 1. The Balaban J connectivity index is 1.24. The SMILES string of the molecule is Cc1ccn(CC(=O)N2C[C@@H]3[C@H](CNC(=O)c4ccccc4)[C@H]4CC[C@]3(C2)O4)n1. The molecule has 3 aliphatic rings. The minimum absolute atomic E-state index is 0.0533. The summed E-state index contributed by atoms with van der Waals surface area (Å²) in [6.07, 6.45) is 4.02. The Morgan fingerprint density at radius 1 is 1.28 bits per heavy atom. The molecule has 3 saturated heterocycles. The first-order valence-corrected chi connectivity index (χ1v) is 10.3. The molecule has 0 saturated carbocycles. The average Bonchev–Trinajstić information content (AvgIpc) is 3.47. The van der Waals surface area contributed by atoms with Crippen molar-refractivity contribution in [2.24, 2.45) is 11.8 Å². The van der Waals surface area contributed by atoms with Crippen LogP contribution in [0.15, 0.2) is 42.6 Å². The highest BCUT2D eigenvalue weighted by Crippen LogP contribution is 2.54. The van der Waals surface area contributed by atoms with Crippen LogP contribution in [0.2, 0.25) is 0 Å². The van der Waals surface area contributed by atoms with E-state index in [1.54, 1.807) is 4.68 Å². The first-order chi connectivity index (χ1) is 14.0. The fourth-order valence-corrected chi connectivity index (χ4v) is 5.35. The van der Waals surface area contributed by atoms with Gasteiger partial charge < -0.3 is 15.0 Å². The summed E-state index contributed by atoms with van der Waals surface area (Å²) in [4.78, 5) is 27.2. The minimum Gasteiger partial charge on any atom is -0.369 e. The lowest BCUT2D eigenvalue weighted by Crippen LogP contribution is -2.41. The number of likely N-dealkylation sites (tertiary alicyclic amines) is 1. The number of carbonyl (C=O) groups is 2. The van der Waals surface area contributed by atoms with Crippen molar-refractivity contribution in [2.45, 2.75) is 38.0 Å². The smallest absolute Gasteiger partial charge is 0.251 e. The number of rotatable bonds is 5. The lowest BCUT2D eigenvalue weighted by atomic mass is 9.73.